The standard InChI is InChI=1S/C11H11BrIN5O3/c1-5-10(13)7(3)17(14-5)8(19)4-16-6(2)9(12)11(15-16)18(20)21/h4H2,1-3H3. The second-order valence-electron chi connectivity index (χ2n) is 4.43. The van der Waals surface area contributed by atoms with Crippen molar-refractivity contribution in [2.24, 2.45) is 0 Å². The summed E-state index contributed by atoms with van der Waals surface area (Å²) in [6, 6.07) is 0. The number of nitro groups is 1. The lowest BCUT2D eigenvalue weighted by atomic mass is 10.4. The van der Waals surface area contributed by atoms with E-state index in [0.717, 1.165) is 15.0 Å². The highest BCUT2D eigenvalue weighted by atomic mass is 127. The van der Waals surface area contributed by atoms with Gasteiger partial charge >= 0.3 is 5.82 Å². The second kappa shape index (κ2) is 5.83. The molecule has 0 aliphatic heterocycles. The summed E-state index contributed by atoms with van der Waals surface area (Å²) in [7, 11) is 0. The Hall–Kier alpha value is -1.30. The van der Waals surface area contributed by atoms with Gasteiger partial charge in [0.1, 0.15) is 11.0 Å². The zero-order valence-corrected chi connectivity index (χ0v) is 15.2. The molecule has 0 aromatic carbocycles. The number of carbonyl (C=O) groups is 1. The molecule has 2 aromatic heterocycles. The molecule has 0 unspecified atom stereocenters. The van der Waals surface area contributed by atoms with Crippen LogP contribution in [0.15, 0.2) is 4.47 Å². The zero-order chi connectivity index (χ0) is 15.9. The number of aromatic nitrogens is 4. The third-order valence-corrected chi connectivity index (χ3v) is 5.50. The minimum Gasteiger partial charge on any atom is -0.358 e. The molecule has 0 amide bonds. The van der Waals surface area contributed by atoms with Gasteiger partial charge in [0, 0.05) is 0 Å². The molecule has 0 fully saturated rings. The van der Waals surface area contributed by atoms with Gasteiger partial charge < -0.3 is 10.1 Å². The first-order valence-corrected chi connectivity index (χ1v) is 7.73. The maximum atomic E-state index is 12.3. The minimum absolute atomic E-state index is 0.115. The van der Waals surface area contributed by atoms with Crippen LogP contribution >= 0.6 is 38.5 Å². The molecule has 2 aromatic rings. The fourth-order valence-electron chi connectivity index (χ4n) is 1.84. The Kier molecular flexibility index (Phi) is 4.46. The summed E-state index contributed by atoms with van der Waals surface area (Å²) in [5.74, 6) is -0.602. The van der Waals surface area contributed by atoms with E-state index < -0.39 is 4.92 Å². The van der Waals surface area contributed by atoms with Crippen LogP contribution in [0.5, 0.6) is 0 Å². The van der Waals surface area contributed by atoms with Crippen LogP contribution in [0, 0.1) is 34.5 Å². The van der Waals surface area contributed by atoms with Crippen molar-refractivity contribution >= 4 is 50.2 Å². The minimum atomic E-state index is -0.593. The van der Waals surface area contributed by atoms with E-state index in [0.29, 0.717) is 5.69 Å². The average Bonchev–Trinajstić information content (AvgIpc) is 2.84. The number of carbonyl (C=O) groups excluding carboxylic acids is 1. The molecule has 0 bridgehead atoms. The van der Waals surface area contributed by atoms with Gasteiger partial charge in [0.2, 0.25) is 0 Å². The van der Waals surface area contributed by atoms with Crippen molar-refractivity contribution in [1.29, 1.82) is 0 Å². The number of rotatable bonds is 3. The number of halogens is 2. The van der Waals surface area contributed by atoms with Crippen LogP contribution < -0.4 is 0 Å². The molecule has 112 valence electrons. The van der Waals surface area contributed by atoms with Crippen molar-refractivity contribution in [3.05, 3.63) is 35.2 Å². The molecular weight excluding hydrogens is 457 g/mol. The third kappa shape index (κ3) is 2.86. The van der Waals surface area contributed by atoms with Crippen molar-refractivity contribution in [3.63, 3.8) is 0 Å². The highest BCUT2D eigenvalue weighted by Crippen LogP contribution is 2.27. The van der Waals surface area contributed by atoms with Gasteiger partial charge in [-0.25, -0.2) is 4.68 Å². The SMILES string of the molecule is Cc1nn(C(=O)Cn2nc([N+](=O)[O-])c(Br)c2C)c(C)c1I. The van der Waals surface area contributed by atoms with E-state index in [1.807, 2.05) is 6.92 Å². The summed E-state index contributed by atoms with van der Waals surface area (Å²) in [5, 5.41) is 18.9. The van der Waals surface area contributed by atoms with Crippen molar-refractivity contribution in [3.8, 4) is 0 Å². The van der Waals surface area contributed by atoms with Gasteiger partial charge in [0.25, 0.3) is 5.91 Å². The lowest BCUT2D eigenvalue weighted by molar-refractivity contribution is -0.390. The van der Waals surface area contributed by atoms with E-state index in [2.05, 4.69) is 48.7 Å². The molecule has 0 aliphatic rings. The molecule has 0 spiro atoms. The molecular formula is C11H11BrIN5O3. The summed E-state index contributed by atoms with van der Waals surface area (Å²) in [4.78, 5) is 22.5. The van der Waals surface area contributed by atoms with Crippen LogP contribution in [0.4, 0.5) is 5.82 Å². The van der Waals surface area contributed by atoms with Gasteiger partial charge in [0.05, 0.1) is 25.8 Å². The normalized spacial score (nSPS) is 10.9. The summed E-state index contributed by atoms with van der Waals surface area (Å²) in [6.45, 7) is 5.16. The molecule has 0 atom stereocenters. The van der Waals surface area contributed by atoms with Crippen molar-refractivity contribution in [2.75, 3.05) is 0 Å². The van der Waals surface area contributed by atoms with E-state index in [1.165, 1.54) is 9.36 Å². The van der Waals surface area contributed by atoms with Crippen LogP contribution in [0.1, 0.15) is 21.9 Å². The number of hydrogen-bond acceptors (Lipinski definition) is 5. The molecule has 0 N–H and O–H groups in total. The Morgan fingerprint density at radius 2 is 1.95 bits per heavy atom. The first-order valence-electron chi connectivity index (χ1n) is 5.86. The summed E-state index contributed by atoms with van der Waals surface area (Å²) < 4.78 is 3.81. The summed E-state index contributed by atoms with van der Waals surface area (Å²) in [5.41, 5.74) is 2.04. The molecule has 0 aliphatic carbocycles. The van der Waals surface area contributed by atoms with Crippen molar-refractivity contribution < 1.29 is 9.72 Å². The molecule has 2 heterocycles. The largest absolute Gasteiger partial charge is 0.404 e. The van der Waals surface area contributed by atoms with Crippen LogP contribution in [-0.2, 0) is 6.54 Å². The molecule has 21 heavy (non-hydrogen) atoms. The zero-order valence-electron chi connectivity index (χ0n) is 11.4. The van der Waals surface area contributed by atoms with Gasteiger partial charge in [0.15, 0.2) is 0 Å². The molecule has 8 nitrogen and oxygen atoms in total. The Labute approximate surface area is 141 Å². The molecule has 2 rings (SSSR count). The Balaban J connectivity index is 2.34. The second-order valence-corrected chi connectivity index (χ2v) is 6.30. The molecule has 10 heteroatoms. The van der Waals surface area contributed by atoms with Gasteiger partial charge in [-0.15, -0.1) is 0 Å². The number of hydrogen-bond donors (Lipinski definition) is 0. The lowest BCUT2D eigenvalue weighted by Gasteiger charge is -2.02. The third-order valence-electron chi connectivity index (χ3n) is 3.01. The first-order chi connectivity index (χ1) is 9.73. The fraction of sp³-hybridized carbons (Fsp3) is 0.364. The van der Waals surface area contributed by atoms with E-state index in [-0.39, 0.29) is 22.7 Å². The Morgan fingerprint density at radius 1 is 1.33 bits per heavy atom. The van der Waals surface area contributed by atoms with E-state index >= 15 is 0 Å². The maximum absolute atomic E-state index is 12.3. The quantitative estimate of drug-likeness (QED) is 0.392. The lowest BCUT2D eigenvalue weighted by Crippen LogP contribution is -2.21. The van der Waals surface area contributed by atoms with Crippen LogP contribution in [0.3, 0.4) is 0 Å². The van der Waals surface area contributed by atoms with Gasteiger partial charge in [-0.3, -0.25) is 4.79 Å². The number of nitrogens with zero attached hydrogens (tertiary/aromatic N) is 5. The molecule has 0 radical (unpaired) electrons. The van der Waals surface area contributed by atoms with Gasteiger partial charge in [-0.1, -0.05) is 0 Å². The highest BCUT2D eigenvalue weighted by Gasteiger charge is 2.25. The van der Waals surface area contributed by atoms with E-state index in [9.17, 15) is 14.9 Å². The van der Waals surface area contributed by atoms with E-state index in [4.69, 9.17) is 0 Å². The molecule has 0 saturated heterocycles. The Morgan fingerprint density at radius 3 is 2.38 bits per heavy atom. The van der Waals surface area contributed by atoms with Crippen molar-refractivity contribution in [2.45, 2.75) is 27.3 Å². The summed E-state index contributed by atoms with van der Waals surface area (Å²) in [6.07, 6.45) is 0. The van der Waals surface area contributed by atoms with Gasteiger partial charge in [-0.2, -0.15) is 9.78 Å². The fourth-order valence-corrected chi connectivity index (χ4v) is 2.61. The highest BCUT2D eigenvalue weighted by molar-refractivity contribution is 14.1. The smallest absolute Gasteiger partial charge is 0.358 e. The van der Waals surface area contributed by atoms with Crippen LogP contribution in [0.25, 0.3) is 0 Å². The van der Waals surface area contributed by atoms with Crippen molar-refractivity contribution in [1.82, 2.24) is 19.6 Å². The van der Waals surface area contributed by atoms with Crippen LogP contribution in [-0.4, -0.2) is 30.4 Å². The molecule has 0 saturated carbocycles. The van der Waals surface area contributed by atoms with Gasteiger partial charge in [-0.05, 0) is 64.2 Å². The topological polar surface area (TPSA) is 95.8 Å². The summed E-state index contributed by atoms with van der Waals surface area (Å²) >= 11 is 5.24. The average molecular weight is 468 g/mol. The predicted octanol–water partition coefficient (Wildman–Crippen LogP) is 2.62. The van der Waals surface area contributed by atoms with Crippen LogP contribution in [0.2, 0.25) is 0 Å². The van der Waals surface area contributed by atoms with E-state index in [1.54, 1.807) is 13.8 Å². The monoisotopic (exact) mass is 467 g/mol. The Bertz CT molecular complexity index is 752. The first kappa shape index (κ1) is 16.1. The maximum Gasteiger partial charge on any atom is 0.404 e. The predicted molar refractivity (Wildman–Crippen MR) is 86.4 cm³/mol. The number of aryl methyl sites for hydroxylation is 1.